The highest BCUT2D eigenvalue weighted by Gasteiger charge is 2.25. The Labute approximate surface area is 115 Å². The van der Waals surface area contributed by atoms with Crippen LogP contribution in [0.2, 0.25) is 0 Å². The molecule has 1 fully saturated rings. The SMILES string of the molecule is CCCC1CCN(c2cc(C)c(F)cc2C(C)O)C1. The first-order valence-electron chi connectivity index (χ1n) is 7.26. The first-order chi connectivity index (χ1) is 9.02. The molecule has 0 amide bonds. The molecule has 19 heavy (non-hydrogen) atoms. The van der Waals surface area contributed by atoms with Crippen molar-refractivity contribution in [2.45, 2.75) is 46.1 Å². The first-order valence-corrected chi connectivity index (χ1v) is 7.26. The van der Waals surface area contributed by atoms with Gasteiger partial charge < -0.3 is 10.0 Å². The summed E-state index contributed by atoms with van der Waals surface area (Å²) in [5, 5.41) is 9.86. The van der Waals surface area contributed by atoms with E-state index < -0.39 is 6.10 Å². The van der Waals surface area contributed by atoms with Gasteiger partial charge in [-0.3, -0.25) is 0 Å². The Morgan fingerprint density at radius 2 is 2.21 bits per heavy atom. The monoisotopic (exact) mass is 265 g/mol. The molecule has 0 radical (unpaired) electrons. The van der Waals surface area contributed by atoms with Crippen molar-refractivity contribution in [2.24, 2.45) is 5.92 Å². The molecular weight excluding hydrogens is 241 g/mol. The molecule has 0 bridgehead atoms. The van der Waals surface area contributed by atoms with E-state index in [1.165, 1.54) is 25.3 Å². The van der Waals surface area contributed by atoms with Crippen molar-refractivity contribution in [3.05, 3.63) is 29.1 Å². The summed E-state index contributed by atoms with van der Waals surface area (Å²) in [4.78, 5) is 2.30. The number of hydrogen-bond acceptors (Lipinski definition) is 2. The summed E-state index contributed by atoms with van der Waals surface area (Å²) in [6, 6.07) is 3.37. The van der Waals surface area contributed by atoms with Crippen LogP contribution in [0.4, 0.5) is 10.1 Å². The normalized spacial score (nSPS) is 20.9. The van der Waals surface area contributed by atoms with Gasteiger partial charge in [0, 0.05) is 24.3 Å². The van der Waals surface area contributed by atoms with E-state index in [1.54, 1.807) is 13.8 Å². The molecule has 2 rings (SSSR count). The summed E-state index contributed by atoms with van der Waals surface area (Å²) < 4.78 is 13.7. The van der Waals surface area contributed by atoms with Crippen LogP contribution in [0.5, 0.6) is 0 Å². The van der Waals surface area contributed by atoms with Crippen LogP contribution >= 0.6 is 0 Å². The molecule has 2 unspecified atom stereocenters. The topological polar surface area (TPSA) is 23.5 Å². The minimum Gasteiger partial charge on any atom is -0.389 e. The van der Waals surface area contributed by atoms with Crippen molar-refractivity contribution < 1.29 is 9.50 Å². The summed E-state index contributed by atoms with van der Waals surface area (Å²) in [6.45, 7) is 7.73. The second-order valence-electron chi connectivity index (χ2n) is 5.73. The predicted molar refractivity (Wildman–Crippen MR) is 77.0 cm³/mol. The molecule has 1 N–H and O–H groups in total. The van der Waals surface area contributed by atoms with Crippen LogP contribution in [0, 0.1) is 18.7 Å². The van der Waals surface area contributed by atoms with E-state index in [1.807, 2.05) is 6.07 Å². The number of halogens is 1. The molecule has 1 heterocycles. The third kappa shape index (κ3) is 3.08. The van der Waals surface area contributed by atoms with Gasteiger partial charge >= 0.3 is 0 Å². The maximum absolute atomic E-state index is 13.7. The number of aryl methyl sites for hydroxylation is 1. The second kappa shape index (κ2) is 5.91. The van der Waals surface area contributed by atoms with Gasteiger partial charge in [0.25, 0.3) is 0 Å². The van der Waals surface area contributed by atoms with Gasteiger partial charge in [0.05, 0.1) is 6.10 Å². The number of aliphatic hydroxyl groups excluding tert-OH is 1. The van der Waals surface area contributed by atoms with E-state index in [0.29, 0.717) is 11.1 Å². The molecule has 3 heteroatoms. The zero-order chi connectivity index (χ0) is 14.0. The van der Waals surface area contributed by atoms with Crippen LogP contribution in [-0.4, -0.2) is 18.2 Å². The van der Waals surface area contributed by atoms with Gasteiger partial charge in [-0.25, -0.2) is 4.39 Å². The Morgan fingerprint density at radius 1 is 1.47 bits per heavy atom. The Hall–Kier alpha value is -1.09. The van der Waals surface area contributed by atoms with Crippen molar-refractivity contribution in [1.29, 1.82) is 0 Å². The molecule has 1 saturated heterocycles. The van der Waals surface area contributed by atoms with Crippen molar-refractivity contribution >= 4 is 5.69 Å². The zero-order valence-corrected chi connectivity index (χ0v) is 12.1. The largest absolute Gasteiger partial charge is 0.389 e. The van der Waals surface area contributed by atoms with Gasteiger partial charge in [0.2, 0.25) is 0 Å². The fraction of sp³-hybridized carbons (Fsp3) is 0.625. The molecule has 0 aromatic heterocycles. The molecule has 1 aromatic rings. The molecule has 1 aromatic carbocycles. The Balaban J connectivity index is 2.26. The molecule has 1 aliphatic heterocycles. The van der Waals surface area contributed by atoms with E-state index in [9.17, 15) is 9.50 Å². The molecule has 0 aliphatic carbocycles. The van der Waals surface area contributed by atoms with Crippen molar-refractivity contribution in [3.8, 4) is 0 Å². The van der Waals surface area contributed by atoms with Gasteiger partial charge in [-0.2, -0.15) is 0 Å². The molecule has 106 valence electrons. The van der Waals surface area contributed by atoms with E-state index in [4.69, 9.17) is 0 Å². The Kier molecular flexibility index (Phi) is 4.46. The number of nitrogens with zero attached hydrogens (tertiary/aromatic N) is 1. The fourth-order valence-electron chi connectivity index (χ4n) is 2.99. The lowest BCUT2D eigenvalue weighted by molar-refractivity contribution is 0.199. The molecular formula is C16H24FNO. The smallest absolute Gasteiger partial charge is 0.126 e. The van der Waals surface area contributed by atoms with E-state index in [2.05, 4.69) is 11.8 Å². The maximum Gasteiger partial charge on any atom is 0.126 e. The van der Waals surface area contributed by atoms with Gasteiger partial charge in [-0.05, 0) is 50.3 Å². The lowest BCUT2D eigenvalue weighted by Crippen LogP contribution is -2.22. The third-order valence-electron chi connectivity index (χ3n) is 4.08. The standard InChI is InChI=1S/C16H24FNO/c1-4-5-13-6-7-18(10-13)16-8-11(2)15(17)9-14(16)12(3)19/h8-9,12-13,19H,4-7,10H2,1-3H3. The predicted octanol–water partition coefficient (Wildman–Crippen LogP) is 3.81. The average molecular weight is 265 g/mol. The number of anilines is 1. The van der Waals surface area contributed by atoms with Crippen LogP contribution in [0.25, 0.3) is 0 Å². The van der Waals surface area contributed by atoms with E-state index >= 15 is 0 Å². The average Bonchev–Trinajstić information content (AvgIpc) is 2.81. The van der Waals surface area contributed by atoms with Crippen LogP contribution in [0.3, 0.4) is 0 Å². The minimum atomic E-state index is -0.629. The zero-order valence-electron chi connectivity index (χ0n) is 12.1. The fourth-order valence-corrected chi connectivity index (χ4v) is 2.99. The van der Waals surface area contributed by atoms with Gasteiger partial charge in [0.1, 0.15) is 5.82 Å². The Bertz CT molecular complexity index is 445. The Morgan fingerprint density at radius 3 is 2.84 bits per heavy atom. The van der Waals surface area contributed by atoms with Gasteiger partial charge in [0.15, 0.2) is 0 Å². The number of benzene rings is 1. The quantitative estimate of drug-likeness (QED) is 0.894. The first kappa shape index (κ1) is 14.3. The highest BCUT2D eigenvalue weighted by atomic mass is 19.1. The van der Waals surface area contributed by atoms with Gasteiger partial charge in [-0.1, -0.05) is 13.3 Å². The summed E-state index contributed by atoms with van der Waals surface area (Å²) >= 11 is 0. The highest BCUT2D eigenvalue weighted by Crippen LogP contribution is 2.33. The van der Waals surface area contributed by atoms with Gasteiger partial charge in [-0.15, -0.1) is 0 Å². The van der Waals surface area contributed by atoms with E-state index in [-0.39, 0.29) is 5.82 Å². The molecule has 0 saturated carbocycles. The highest BCUT2D eigenvalue weighted by molar-refractivity contribution is 5.57. The lowest BCUT2D eigenvalue weighted by atomic mass is 10.0. The molecule has 1 aliphatic rings. The molecule has 0 spiro atoms. The third-order valence-corrected chi connectivity index (χ3v) is 4.08. The van der Waals surface area contributed by atoms with Crippen LogP contribution in [0.1, 0.15) is 50.3 Å². The summed E-state index contributed by atoms with van der Waals surface area (Å²) in [5.74, 6) is 0.501. The maximum atomic E-state index is 13.7. The summed E-state index contributed by atoms with van der Waals surface area (Å²) in [5.41, 5.74) is 2.37. The van der Waals surface area contributed by atoms with Crippen molar-refractivity contribution in [2.75, 3.05) is 18.0 Å². The van der Waals surface area contributed by atoms with Crippen LogP contribution in [0.15, 0.2) is 12.1 Å². The lowest BCUT2D eigenvalue weighted by Gasteiger charge is -2.24. The van der Waals surface area contributed by atoms with Crippen molar-refractivity contribution in [1.82, 2.24) is 0 Å². The number of aliphatic hydroxyl groups is 1. The van der Waals surface area contributed by atoms with Crippen LogP contribution < -0.4 is 4.90 Å². The van der Waals surface area contributed by atoms with Crippen LogP contribution in [-0.2, 0) is 0 Å². The molecule has 2 atom stereocenters. The van der Waals surface area contributed by atoms with E-state index in [0.717, 1.165) is 24.7 Å². The number of rotatable bonds is 4. The van der Waals surface area contributed by atoms with Crippen molar-refractivity contribution in [3.63, 3.8) is 0 Å². The number of hydrogen-bond donors (Lipinski definition) is 1. The summed E-state index contributed by atoms with van der Waals surface area (Å²) in [6.07, 6.45) is 3.03. The second-order valence-corrected chi connectivity index (χ2v) is 5.73. The molecule has 2 nitrogen and oxygen atoms in total. The minimum absolute atomic E-state index is 0.232. The summed E-state index contributed by atoms with van der Waals surface area (Å²) in [7, 11) is 0.